The Balaban J connectivity index is 3.22. The van der Waals surface area contributed by atoms with E-state index in [0.29, 0.717) is 0 Å². The fourth-order valence-corrected chi connectivity index (χ4v) is 2.80. The molecule has 0 fully saturated rings. The normalized spacial score (nSPS) is 12.3. The minimum Gasteiger partial charge on any atom is -0.382 e. The molecule has 0 saturated heterocycles. The molecule has 1 amide bonds. The van der Waals surface area contributed by atoms with Gasteiger partial charge >= 0.3 is 0 Å². The van der Waals surface area contributed by atoms with Crippen molar-refractivity contribution in [1.82, 2.24) is 5.32 Å². The zero-order valence-corrected chi connectivity index (χ0v) is 14.1. The summed E-state index contributed by atoms with van der Waals surface area (Å²) in [6.45, 7) is 3.71. The molecule has 0 aliphatic heterocycles. The van der Waals surface area contributed by atoms with Gasteiger partial charge in [-0.2, -0.15) is 0 Å². The highest BCUT2D eigenvalue weighted by Gasteiger charge is 2.25. The Kier molecular flexibility index (Phi) is 5.48. The molecule has 3 N–H and O–H groups in total. The molecule has 0 unspecified atom stereocenters. The molecule has 0 spiro atoms. The van der Waals surface area contributed by atoms with Crippen molar-refractivity contribution in [2.75, 3.05) is 13.7 Å². The third kappa shape index (κ3) is 4.73. The van der Waals surface area contributed by atoms with Crippen LogP contribution in [0.15, 0.2) is 21.5 Å². The van der Waals surface area contributed by atoms with Gasteiger partial charge in [0.05, 0.1) is 17.7 Å². The maximum Gasteiger partial charge on any atom is 0.252 e. The maximum atomic E-state index is 13.6. The molecule has 0 aliphatic rings. The van der Waals surface area contributed by atoms with Crippen LogP contribution < -0.4 is 10.5 Å². The van der Waals surface area contributed by atoms with Crippen molar-refractivity contribution in [1.29, 1.82) is 0 Å². The molecule has 0 saturated carbocycles. The number of nitrogens with one attached hydrogen (secondary N) is 1. The second-order valence-electron chi connectivity index (χ2n) is 5.08. The van der Waals surface area contributed by atoms with Crippen molar-refractivity contribution in [3.8, 4) is 0 Å². The Labute approximate surface area is 131 Å². The van der Waals surface area contributed by atoms with Crippen molar-refractivity contribution < 1.29 is 22.3 Å². The lowest BCUT2D eigenvalue weighted by molar-refractivity contribution is 0.0819. The molecule has 0 aliphatic carbocycles. The highest BCUT2D eigenvalue weighted by atomic mass is 79.9. The molecule has 1 aromatic rings. The predicted octanol–water partition coefficient (Wildman–Crippen LogP) is 1.39. The highest BCUT2D eigenvalue weighted by molar-refractivity contribution is 9.10. The first-order valence-corrected chi connectivity index (χ1v) is 8.15. The Bertz CT molecular complexity index is 661. The van der Waals surface area contributed by atoms with Crippen molar-refractivity contribution in [2.45, 2.75) is 24.3 Å². The first kappa shape index (κ1) is 18.0. The molecule has 21 heavy (non-hydrogen) atoms. The third-order valence-corrected chi connectivity index (χ3v) is 4.11. The first-order chi connectivity index (χ1) is 9.48. The Morgan fingerprint density at radius 3 is 2.52 bits per heavy atom. The molecule has 0 bridgehead atoms. The monoisotopic (exact) mass is 382 g/mol. The lowest BCUT2D eigenvalue weighted by Crippen LogP contribution is -2.46. The summed E-state index contributed by atoms with van der Waals surface area (Å²) in [7, 11) is -2.77. The van der Waals surface area contributed by atoms with E-state index in [0.717, 1.165) is 12.1 Å². The maximum absolute atomic E-state index is 13.6. The lowest BCUT2D eigenvalue weighted by atomic mass is 10.1. The van der Waals surface area contributed by atoms with Gasteiger partial charge in [-0.15, -0.1) is 0 Å². The van der Waals surface area contributed by atoms with Crippen LogP contribution in [-0.4, -0.2) is 33.6 Å². The van der Waals surface area contributed by atoms with E-state index in [-0.39, 0.29) is 16.6 Å². The zero-order chi connectivity index (χ0) is 16.4. The number of sulfonamides is 1. The van der Waals surface area contributed by atoms with Gasteiger partial charge in [-0.25, -0.2) is 17.9 Å². The molecular formula is C12H16BrFN2O4S. The molecule has 1 rings (SSSR count). The molecular weight excluding hydrogens is 367 g/mol. The van der Waals surface area contributed by atoms with Gasteiger partial charge in [-0.1, -0.05) is 0 Å². The summed E-state index contributed by atoms with van der Waals surface area (Å²) < 4.78 is 41.3. The van der Waals surface area contributed by atoms with E-state index in [2.05, 4.69) is 21.2 Å². The second kappa shape index (κ2) is 6.39. The number of rotatable bonds is 5. The second-order valence-corrected chi connectivity index (χ2v) is 7.46. The number of primary sulfonamides is 1. The van der Waals surface area contributed by atoms with Crippen LogP contribution in [0.4, 0.5) is 4.39 Å². The molecule has 1 aromatic carbocycles. The average Bonchev–Trinajstić information content (AvgIpc) is 2.25. The van der Waals surface area contributed by atoms with Crippen LogP contribution in [0.5, 0.6) is 0 Å². The predicted molar refractivity (Wildman–Crippen MR) is 78.9 cm³/mol. The van der Waals surface area contributed by atoms with Crippen molar-refractivity contribution >= 4 is 31.9 Å². The number of nitrogens with two attached hydrogens (primary N) is 1. The summed E-state index contributed by atoms with van der Waals surface area (Å²) in [5.41, 5.74) is -0.717. The fraction of sp³-hybridized carbons (Fsp3) is 0.417. The number of amides is 1. The van der Waals surface area contributed by atoms with Gasteiger partial charge in [-0.3, -0.25) is 4.79 Å². The Morgan fingerprint density at radius 1 is 1.48 bits per heavy atom. The van der Waals surface area contributed by atoms with Gasteiger partial charge in [0, 0.05) is 11.6 Å². The number of carbonyl (C=O) groups excluding carboxylic acids is 1. The number of ether oxygens (including phenoxy) is 1. The highest BCUT2D eigenvalue weighted by Crippen LogP contribution is 2.24. The molecule has 0 atom stereocenters. The SMILES string of the molecule is COCC(C)(C)NC(=O)c1cc(S(N)(=O)=O)c(F)cc1Br. The Morgan fingerprint density at radius 2 is 2.05 bits per heavy atom. The van der Waals surface area contributed by atoms with E-state index >= 15 is 0 Å². The van der Waals surface area contributed by atoms with E-state index in [1.165, 1.54) is 7.11 Å². The van der Waals surface area contributed by atoms with E-state index in [9.17, 15) is 17.6 Å². The third-order valence-electron chi connectivity index (χ3n) is 2.53. The van der Waals surface area contributed by atoms with Gasteiger partial charge in [0.1, 0.15) is 10.7 Å². The van der Waals surface area contributed by atoms with E-state index in [4.69, 9.17) is 9.88 Å². The van der Waals surface area contributed by atoms with Crippen LogP contribution in [0.1, 0.15) is 24.2 Å². The zero-order valence-electron chi connectivity index (χ0n) is 11.7. The summed E-state index contributed by atoms with van der Waals surface area (Å²) in [4.78, 5) is 11.5. The van der Waals surface area contributed by atoms with Crippen LogP contribution in [-0.2, 0) is 14.8 Å². The number of hydrogen-bond acceptors (Lipinski definition) is 4. The number of halogens is 2. The summed E-state index contributed by atoms with van der Waals surface area (Å²) in [6, 6.07) is 1.78. The van der Waals surface area contributed by atoms with Gasteiger partial charge in [0.15, 0.2) is 0 Å². The smallest absolute Gasteiger partial charge is 0.252 e. The van der Waals surface area contributed by atoms with Gasteiger partial charge in [0.25, 0.3) is 5.91 Å². The Hall–Kier alpha value is -1.03. The van der Waals surface area contributed by atoms with E-state index in [1.54, 1.807) is 13.8 Å². The fourth-order valence-electron chi connectivity index (χ4n) is 1.69. The average molecular weight is 383 g/mol. The summed E-state index contributed by atoms with van der Waals surface area (Å²) in [6.07, 6.45) is 0. The summed E-state index contributed by atoms with van der Waals surface area (Å²) in [5, 5.41) is 7.58. The van der Waals surface area contributed by atoms with Crippen molar-refractivity contribution in [3.63, 3.8) is 0 Å². The molecule has 118 valence electrons. The van der Waals surface area contributed by atoms with Crippen molar-refractivity contribution in [3.05, 3.63) is 28.0 Å². The van der Waals surface area contributed by atoms with Crippen LogP contribution in [0.3, 0.4) is 0 Å². The van der Waals surface area contributed by atoms with E-state index in [1.807, 2.05) is 0 Å². The largest absolute Gasteiger partial charge is 0.382 e. The minimum absolute atomic E-state index is 0.0374. The van der Waals surface area contributed by atoms with Crippen LogP contribution in [0.25, 0.3) is 0 Å². The summed E-state index contributed by atoms with van der Waals surface area (Å²) in [5.74, 6) is -1.61. The minimum atomic E-state index is -4.26. The van der Waals surface area contributed by atoms with Gasteiger partial charge < -0.3 is 10.1 Å². The molecule has 9 heteroatoms. The standard InChI is InChI=1S/C12H16BrFN2O4S/c1-12(2,6-20-3)16-11(17)7-4-10(21(15,18)19)9(14)5-8(7)13/h4-5H,6H2,1-3H3,(H,16,17)(H2,15,18,19). The molecule has 0 heterocycles. The van der Waals surface area contributed by atoms with Crippen LogP contribution in [0, 0.1) is 5.82 Å². The molecule has 0 aromatic heterocycles. The topological polar surface area (TPSA) is 98.5 Å². The number of hydrogen-bond donors (Lipinski definition) is 2. The lowest BCUT2D eigenvalue weighted by Gasteiger charge is -2.25. The van der Waals surface area contributed by atoms with Gasteiger partial charge in [-0.05, 0) is 41.9 Å². The number of methoxy groups -OCH3 is 1. The van der Waals surface area contributed by atoms with Gasteiger partial charge in [0.2, 0.25) is 10.0 Å². The number of benzene rings is 1. The molecule has 6 nitrogen and oxygen atoms in total. The van der Waals surface area contributed by atoms with E-state index < -0.39 is 32.2 Å². The first-order valence-electron chi connectivity index (χ1n) is 5.81. The summed E-state index contributed by atoms with van der Waals surface area (Å²) >= 11 is 3.03. The molecule has 0 radical (unpaired) electrons. The van der Waals surface area contributed by atoms with Crippen LogP contribution >= 0.6 is 15.9 Å². The van der Waals surface area contributed by atoms with Crippen molar-refractivity contribution in [2.24, 2.45) is 5.14 Å². The quantitative estimate of drug-likeness (QED) is 0.803. The van der Waals surface area contributed by atoms with Crippen LogP contribution in [0.2, 0.25) is 0 Å². The number of carbonyl (C=O) groups is 1.